The fourth-order valence-corrected chi connectivity index (χ4v) is 1.85. The second-order valence-corrected chi connectivity index (χ2v) is 4.02. The van der Waals surface area contributed by atoms with E-state index in [9.17, 15) is 0 Å². The lowest BCUT2D eigenvalue weighted by molar-refractivity contribution is 0.802. The summed E-state index contributed by atoms with van der Waals surface area (Å²) in [6.45, 7) is 5.71. The Kier molecular flexibility index (Phi) is 3.66. The lowest BCUT2D eigenvalue weighted by atomic mass is 10.2. The second-order valence-electron chi connectivity index (χ2n) is 4.02. The Morgan fingerprint density at radius 2 is 2.11 bits per heavy atom. The highest BCUT2D eigenvalue weighted by Gasteiger charge is 2.13. The molecule has 0 atom stereocenters. The third kappa shape index (κ3) is 2.50. The van der Waals surface area contributed by atoms with E-state index in [-0.39, 0.29) is 0 Å². The molecule has 6 heteroatoms. The van der Waals surface area contributed by atoms with Crippen LogP contribution in [0.2, 0.25) is 0 Å². The van der Waals surface area contributed by atoms with Crippen molar-refractivity contribution in [3.63, 3.8) is 0 Å². The fraction of sp³-hybridized carbons (Fsp3) is 0.308. The summed E-state index contributed by atoms with van der Waals surface area (Å²) in [6, 6.07) is 9.21. The number of aromatic nitrogens is 3. The first-order valence-corrected chi connectivity index (χ1v) is 6.17. The first kappa shape index (κ1) is 12.9. The zero-order chi connectivity index (χ0) is 13.8. The Morgan fingerprint density at radius 1 is 1.37 bits per heavy atom. The zero-order valence-corrected chi connectivity index (χ0v) is 11.0. The van der Waals surface area contributed by atoms with E-state index in [0.717, 1.165) is 18.8 Å². The SMILES string of the molecule is CCN(CC)c1nc(N)n(-c2cccc(C#N)c2)n1. The smallest absolute Gasteiger partial charge is 0.246 e. The fourth-order valence-electron chi connectivity index (χ4n) is 1.85. The summed E-state index contributed by atoms with van der Waals surface area (Å²) in [7, 11) is 0. The van der Waals surface area contributed by atoms with Crippen LogP contribution in [0.1, 0.15) is 19.4 Å². The summed E-state index contributed by atoms with van der Waals surface area (Å²) < 4.78 is 1.55. The first-order valence-electron chi connectivity index (χ1n) is 6.17. The highest BCUT2D eigenvalue weighted by atomic mass is 15.4. The molecule has 0 radical (unpaired) electrons. The molecule has 1 aromatic carbocycles. The molecular formula is C13H16N6. The normalized spacial score (nSPS) is 10.2. The van der Waals surface area contributed by atoms with Gasteiger partial charge in [-0.05, 0) is 32.0 Å². The molecule has 2 rings (SSSR count). The summed E-state index contributed by atoms with van der Waals surface area (Å²) in [5.74, 6) is 0.918. The molecule has 0 fully saturated rings. The van der Waals surface area contributed by atoms with Crippen LogP contribution in [-0.4, -0.2) is 27.9 Å². The van der Waals surface area contributed by atoms with Gasteiger partial charge >= 0.3 is 0 Å². The van der Waals surface area contributed by atoms with Crippen molar-refractivity contribution in [3.8, 4) is 11.8 Å². The quantitative estimate of drug-likeness (QED) is 0.897. The monoisotopic (exact) mass is 256 g/mol. The van der Waals surface area contributed by atoms with E-state index in [1.54, 1.807) is 22.9 Å². The molecule has 6 nitrogen and oxygen atoms in total. The van der Waals surface area contributed by atoms with Crippen molar-refractivity contribution in [1.29, 1.82) is 5.26 Å². The van der Waals surface area contributed by atoms with Crippen LogP contribution in [0, 0.1) is 11.3 Å². The van der Waals surface area contributed by atoms with Crippen LogP contribution >= 0.6 is 0 Å². The molecule has 0 spiro atoms. The average Bonchev–Trinajstić information content (AvgIpc) is 2.82. The topological polar surface area (TPSA) is 83.8 Å². The van der Waals surface area contributed by atoms with Crippen molar-refractivity contribution in [1.82, 2.24) is 14.8 Å². The number of anilines is 2. The van der Waals surface area contributed by atoms with Crippen LogP contribution in [0.4, 0.5) is 11.9 Å². The van der Waals surface area contributed by atoms with Gasteiger partial charge in [-0.2, -0.15) is 14.9 Å². The second kappa shape index (κ2) is 5.40. The predicted octanol–water partition coefficient (Wildman–Crippen LogP) is 1.57. The summed E-state index contributed by atoms with van der Waals surface area (Å²) in [5, 5.41) is 13.3. The summed E-state index contributed by atoms with van der Waals surface area (Å²) in [6.07, 6.45) is 0. The minimum atomic E-state index is 0.317. The van der Waals surface area contributed by atoms with E-state index in [0.29, 0.717) is 17.5 Å². The zero-order valence-electron chi connectivity index (χ0n) is 11.0. The first-order chi connectivity index (χ1) is 9.19. The average molecular weight is 256 g/mol. The van der Waals surface area contributed by atoms with Crippen molar-refractivity contribution in [2.45, 2.75) is 13.8 Å². The van der Waals surface area contributed by atoms with Gasteiger partial charge in [0, 0.05) is 13.1 Å². The third-order valence-electron chi connectivity index (χ3n) is 2.89. The van der Waals surface area contributed by atoms with E-state index in [1.165, 1.54) is 0 Å². The van der Waals surface area contributed by atoms with Gasteiger partial charge in [-0.1, -0.05) is 6.07 Å². The number of nitrogens with two attached hydrogens (primary N) is 1. The maximum Gasteiger partial charge on any atom is 0.246 e. The highest BCUT2D eigenvalue weighted by Crippen LogP contribution is 2.17. The van der Waals surface area contributed by atoms with E-state index in [2.05, 4.69) is 16.2 Å². The van der Waals surface area contributed by atoms with E-state index in [1.807, 2.05) is 24.8 Å². The van der Waals surface area contributed by atoms with E-state index in [4.69, 9.17) is 11.0 Å². The number of nitrogen functional groups attached to an aromatic ring is 1. The number of rotatable bonds is 4. The van der Waals surface area contributed by atoms with E-state index >= 15 is 0 Å². The molecule has 19 heavy (non-hydrogen) atoms. The summed E-state index contributed by atoms with van der Waals surface area (Å²) in [5.41, 5.74) is 7.20. The lowest BCUT2D eigenvalue weighted by Crippen LogP contribution is -2.23. The molecule has 0 saturated heterocycles. The van der Waals surface area contributed by atoms with Crippen molar-refractivity contribution in [3.05, 3.63) is 29.8 Å². The minimum Gasteiger partial charge on any atom is -0.368 e. The molecule has 0 aliphatic rings. The summed E-state index contributed by atoms with van der Waals surface area (Å²) >= 11 is 0. The minimum absolute atomic E-state index is 0.317. The van der Waals surface area contributed by atoms with Crippen LogP contribution in [0.25, 0.3) is 5.69 Å². The standard InChI is InChI=1S/C13H16N6/c1-3-18(4-2)13-16-12(15)19(17-13)11-7-5-6-10(8-11)9-14/h5-8H,3-4H2,1-2H3,(H2,15,16,17). The Morgan fingerprint density at radius 3 is 2.74 bits per heavy atom. The number of nitriles is 1. The van der Waals surface area contributed by atoms with Crippen molar-refractivity contribution in [2.24, 2.45) is 0 Å². The van der Waals surface area contributed by atoms with Crippen LogP contribution in [0.5, 0.6) is 0 Å². The van der Waals surface area contributed by atoms with Gasteiger partial charge in [0.05, 0.1) is 17.3 Å². The maximum absolute atomic E-state index is 8.91. The lowest BCUT2D eigenvalue weighted by Gasteiger charge is -2.15. The Balaban J connectivity index is 2.43. The molecule has 1 aromatic heterocycles. The Hall–Kier alpha value is -2.55. The highest BCUT2D eigenvalue weighted by molar-refractivity contribution is 5.46. The van der Waals surface area contributed by atoms with Crippen LogP contribution in [-0.2, 0) is 0 Å². The van der Waals surface area contributed by atoms with E-state index < -0.39 is 0 Å². The van der Waals surface area contributed by atoms with Gasteiger partial charge in [-0.15, -0.1) is 5.10 Å². The molecule has 98 valence electrons. The third-order valence-corrected chi connectivity index (χ3v) is 2.89. The van der Waals surface area contributed by atoms with Gasteiger partial charge in [0.25, 0.3) is 0 Å². The summed E-state index contributed by atoms with van der Waals surface area (Å²) in [4.78, 5) is 6.27. The van der Waals surface area contributed by atoms with Crippen LogP contribution in [0.3, 0.4) is 0 Å². The van der Waals surface area contributed by atoms with Gasteiger partial charge < -0.3 is 10.6 Å². The molecule has 1 heterocycles. The molecule has 0 aliphatic heterocycles. The largest absolute Gasteiger partial charge is 0.368 e. The molecule has 2 aromatic rings. The molecule has 0 unspecified atom stereocenters. The number of nitrogens with zero attached hydrogens (tertiary/aromatic N) is 5. The Bertz CT molecular complexity index is 606. The molecule has 0 bridgehead atoms. The number of hydrogen-bond donors (Lipinski definition) is 1. The van der Waals surface area contributed by atoms with Crippen LogP contribution in [0.15, 0.2) is 24.3 Å². The van der Waals surface area contributed by atoms with Gasteiger partial charge in [-0.3, -0.25) is 0 Å². The van der Waals surface area contributed by atoms with Crippen LogP contribution < -0.4 is 10.6 Å². The van der Waals surface area contributed by atoms with Crippen molar-refractivity contribution in [2.75, 3.05) is 23.7 Å². The van der Waals surface area contributed by atoms with Gasteiger partial charge in [0.2, 0.25) is 11.9 Å². The predicted molar refractivity (Wildman–Crippen MR) is 74.0 cm³/mol. The number of benzene rings is 1. The molecule has 2 N–H and O–H groups in total. The molecule has 0 amide bonds. The maximum atomic E-state index is 8.91. The molecule has 0 saturated carbocycles. The Labute approximate surface area is 112 Å². The molecule has 0 aliphatic carbocycles. The van der Waals surface area contributed by atoms with Crippen molar-refractivity contribution >= 4 is 11.9 Å². The van der Waals surface area contributed by atoms with Gasteiger partial charge in [-0.25, -0.2) is 0 Å². The van der Waals surface area contributed by atoms with Gasteiger partial charge in [0.15, 0.2) is 0 Å². The van der Waals surface area contributed by atoms with Gasteiger partial charge in [0.1, 0.15) is 0 Å². The van der Waals surface area contributed by atoms with Crippen molar-refractivity contribution < 1.29 is 0 Å². The molecular weight excluding hydrogens is 240 g/mol. The number of hydrogen-bond acceptors (Lipinski definition) is 5.